The lowest BCUT2D eigenvalue weighted by Crippen LogP contribution is -2.42. The molecule has 3 rings (SSSR count). The van der Waals surface area contributed by atoms with E-state index in [2.05, 4.69) is 9.88 Å². The lowest BCUT2D eigenvalue weighted by Gasteiger charge is -2.31. The predicted octanol–water partition coefficient (Wildman–Crippen LogP) is 2.08. The zero-order chi connectivity index (χ0) is 20.5. The third-order valence-electron chi connectivity index (χ3n) is 4.66. The molecule has 152 valence electrons. The summed E-state index contributed by atoms with van der Waals surface area (Å²) in [5.41, 5.74) is 1.76. The van der Waals surface area contributed by atoms with Crippen LogP contribution >= 0.6 is 0 Å². The van der Waals surface area contributed by atoms with Crippen LogP contribution in [-0.2, 0) is 27.8 Å². The Labute approximate surface area is 164 Å². The number of fused-ring (bicyclic) bond motifs is 1. The highest BCUT2D eigenvalue weighted by atomic mass is 32.2. The highest BCUT2D eigenvalue weighted by Gasteiger charge is 2.27. The highest BCUT2D eigenvalue weighted by Crippen LogP contribution is 2.25. The molecule has 2 heterocycles. The summed E-state index contributed by atoms with van der Waals surface area (Å²) >= 11 is 0. The molecular weight excluding hydrogens is 382 g/mol. The van der Waals surface area contributed by atoms with E-state index in [1.165, 1.54) is 6.07 Å². The number of aryl methyl sites for hydroxylation is 1. The smallest absolute Gasteiger partial charge is 0.263 e. The Bertz CT molecular complexity index is 968. The van der Waals surface area contributed by atoms with Gasteiger partial charge < -0.3 is 14.5 Å². The number of nitrogens with zero attached hydrogens (tertiary/aromatic N) is 2. The quantitative estimate of drug-likeness (QED) is 0.758. The molecule has 0 unspecified atom stereocenters. The third kappa shape index (κ3) is 4.53. The first-order valence-corrected chi connectivity index (χ1v) is 10.7. The first kappa shape index (κ1) is 20.3. The number of sulfonamides is 1. The number of hydrogen-bond donors (Lipinski definition) is 2. The molecule has 0 spiro atoms. The van der Waals surface area contributed by atoms with Crippen molar-refractivity contribution in [3.63, 3.8) is 0 Å². The Morgan fingerprint density at radius 2 is 2.07 bits per heavy atom. The Kier molecular flexibility index (Phi) is 5.76. The molecule has 1 aliphatic rings. The van der Waals surface area contributed by atoms with E-state index in [-0.39, 0.29) is 29.1 Å². The van der Waals surface area contributed by atoms with Crippen LogP contribution in [0.4, 0.5) is 5.82 Å². The van der Waals surface area contributed by atoms with E-state index < -0.39 is 16.1 Å². The zero-order valence-corrected chi connectivity index (χ0v) is 17.0. The van der Waals surface area contributed by atoms with Gasteiger partial charge in [0.15, 0.2) is 5.82 Å². The predicted molar refractivity (Wildman–Crippen MR) is 103 cm³/mol. The summed E-state index contributed by atoms with van der Waals surface area (Å²) in [4.78, 5) is 14.2. The molecular formula is C19H25N3O5S. The first-order valence-electron chi connectivity index (χ1n) is 9.20. The normalized spacial score (nSPS) is 15.4. The average Bonchev–Trinajstić information content (AvgIpc) is 3.03. The molecule has 28 heavy (non-hydrogen) atoms. The summed E-state index contributed by atoms with van der Waals surface area (Å²) < 4.78 is 32.5. The molecule has 2 N–H and O–H groups in total. The van der Waals surface area contributed by atoms with Gasteiger partial charge in [-0.1, -0.05) is 25.1 Å². The van der Waals surface area contributed by atoms with Crippen LogP contribution in [0.3, 0.4) is 0 Å². The van der Waals surface area contributed by atoms with Crippen molar-refractivity contribution in [1.29, 1.82) is 0 Å². The van der Waals surface area contributed by atoms with E-state index >= 15 is 0 Å². The van der Waals surface area contributed by atoms with Crippen molar-refractivity contribution in [1.82, 2.24) is 10.1 Å². The molecule has 1 aromatic carbocycles. The summed E-state index contributed by atoms with van der Waals surface area (Å²) in [5.74, 6) is 0.504. The van der Waals surface area contributed by atoms with E-state index in [0.29, 0.717) is 25.1 Å². The van der Waals surface area contributed by atoms with Crippen LogP contribution in [0, 0.1) is 12.8 Å². The van der Waals surface area contributed by atoms with Crippen molar-refractivity contribution in [2.24, 2.45) is 5.92 Å². The van der Waals surface area contributed by atoms with E-state index in [1.807, 2.05) is 13.8 Å². The number of amides is 1. The van der Waals surface area contributed by atoms with Crippen LogP contribution in [0.1, 0.15) is 37.2 Å². The zero-order valence-electron chi connectivity index (χ0n) is 16.2. The highest BCUT2D eigenvalue weighted by molar-refractivity contribution is 7.92. The summed E-state index contributed by atoms with van der Waals surface area (Å²) in [6, 6.07) is 6.37. The summed E-state index contributed by atoms with van der Waals surface area (Å²) in [6.07, 6.45) is -0.0193. The van der Waals surface area contributed by atoms with Crippen molar-refractivity contribution in [3.05, 3.63) is 41.2 Å². The molecule has 2 aromatic rings. The monoisotopic (exact) mass is 407 g/mol. The van der Waals surface area contributed by atoms with Gasteiger partial charge in [-0.15, -0.1) is 0 Å². The molecule has 0 aliphatic carbocycles. The van der Waals surface area contributed by atoms with Crippen LogP contribution in [-0.4, -0.2) is 42.1 Å². The van der Waals surface area contributed by atoms with Gasteiger partial charge in [0.05, 0.1) is 4.90 Å². The van der Waals surface area contributed by atoms with Gasteiger partial charge in [0, 0.05) is 19.2 Å². The summed E-state index contributed by atoms with van der Waals surface area (Å²) in [5, 5.41) is 13.8. The number of aliphatic hydroxyl groups excluding tert-OH is 1. The van der Waals surface area contributed by atoms with Gasteiger partial charge in [0.1, 0.15) is 11.9 Å². The maximum atomic E-state index is 12.6. The van der Waals surface area contributed by atoms with E-state index in [0.717, 1.165) is 11.1 Å². The van der Waals surface area contributed by atoms with Gasteiger partial charge in [0.2, 0.25) is 0 Å². The molecule has 0 fully saturated rings. The Balaban J connectivity index is 1.78. The fraction of sp³-hybridized carbons (Fsp3) is 0.474. The summed E-state index contributed by atoms with van der Waals surface area (Å²) in [6.45, 7) is 6.34. The molecule has 1 amide bonds. The number of aliphatic hydroxyl groups is 1. The fourth-order valence-corrected chi connectivity index (χ4v) is 4.29. The minimum atomic E-state index is -3.83. The minimum Gasteiger partial charge on any atom is -0.383 e. The van der Waals surface area contributed by atoms with Gasteiger partial charge in [-0.2, -0.15) is 0 Å². The van der Waals surface area contributed by atoms with Crippen molar-refractivity contribution >= 4 is 21.7 Å². The van der Waals surface area contributed by atoms with Gasteiger partial charge in [0.25, 0.3) is 15.9 Å². The standard InChI is InChI=1S/C19H25N3O5S/c1-12(2)8-17(23)19(24)22-7-6-14-4-5-16(10-15(14)11-22)28(25,26)21-18-9-13(3)27-20-18/h4-5,9-10,12,17,23H,6-8,11H2,1-3H3,(H,20,21)/t17-/m0/s1. The number of benzene rings is 1. The summed E-state index contributed by atoms with van der Waals surface area (Å²) in [7, 11) is -3.83. The van der Waals surface area contributed by atoms with Gasteiger partial charge in [-0.3, -0.25) is 9.52 Å². The van der Waals surface area contributed by atoms with Gasteiger partial charge >= 0.3 is 0 Å². The van der Waals surface area contributed by atoms with Gasteiger partial charge in [-0.25, -0.2) is 8.42 Å². The molecule has 0 saturated carbocycles. The van der Waals surface area contributed by atoms with Crippen LogP contribution < -0.4 is 4.72 Å². The Morgan fingerprint density at radius 1 is 1.32 bits per heavy atom. The fourth-order valence-electron chi connectivity index (χ4n) is 3.26. The molecule has 1 aliphatic heterocycles. The minimum absolute atomic E-state index is 0.0870. The number of carbonyl (C=O) groups is 1. The Morgan fingerprint density at radius 3 is 2.71 bits per heavy atom. The second-order valence-corrected chi connectivity index (χ2v) is 9.20. The topological polar surface area (TPSA) is 113 Å². The number of carbonyl (C=O) groups excluding carboxylic acids is 1. The van der Waals surface area contributed by atoms with Crippen LogP contribution in [0.15, 0.2) is 33.7 Å². The lowest BCUT2D eigenvalue weighted by atomic mass is 9.98. The van der Waals surface area contributed by atoms with Crippen molar-refractivity contribution < 1.29 is 22.8 Å². The molecule has 1 aromatic heterocycles. The average molecular weight is 407 g/mol. The lowest BCUT2D eigenvalue weighted by molar-refractivity contribution is -0.141. The van der Waals surface area contributed by atoms with E-state index in [4.69, 9.17) is 4.52 Å². The Hall–Kier alpha value is -2.39. The molecule has 8 nitrogen and oxygen atoms in total. The first-order chi connectivity index (χ1) is 13.2. The number of nitrogens with one attached hydrogen (secondary N) is 1. The maximum Gasteiger partial charge on any atom is 0.263 e. The number of rotatable bonds is 6. The molecule has 0 bridgehead atoms. The number of aromatic nitrogens is 1. The molecule has 9 heteroatoms. The van der Waals surface area contributed by atoms with Crippen molar-refractivity contribution in [2.45, 2.75) is 51.2 Å². The number of hydrogen-bond acceptors (Lipinski definition) is 6. The van der Waals surface area contributed by atoms with Crippen LogP contribution in [0.5, 0.6) is 0 Å². The maximum absolute atomic E-state index is 12.6. The van der Waals surface area contributed by atoms with E-state index in [9.17, 15) is 18.3 Å². The molecule has 0 saturated heterocycles. The van der Waals surface area contributed by atoms with Crippen LogP contribution in [0.25, 0.3) is 0 Å². The molecule has 1 atom stereocenters. The molecule has 0 radical (unpaired) electrons. The largest absolute Gasteiger partial charge is 0.383 e. The van der Waals surface area contributed by atoms with Gasteiger partial charge in [-0.05, 0) is 48.9 Å². The third-order valence-corrected chi connectivity index (χ3v) is 6.01. The second kappa shape index (κ2) is 7.92. The van der Waals surface area contributed by atoms with Crippen LogP contribution in [0.2, 0.25) is 0 Å². The second-order valence-electron chi connectivity index (χ2n) is 7.51. The number of anilines is 1. The van der Waals surface area contributed by atoms with Crippen molar-refractivity contribution in [2.75, 3.05) is 11.3 Å². The van der Waals surface area contributed by atoms with Crippen molar-refractivity contribution in [3.8, 4) is 0 Å². The SMILES string of the molecule is Cc1cc(NS(=O)(=O)c2ccc3c(c2)CN(C(=O)[C@@H](O)CC(C)C)CC3)no1. The van der Waals surface area contributed by atoms with E-state index in [1.54, 1.807) is 30.0 Å².